The molecule has 0 aromatic heterocycles. The number of rotatable bonds is 5. The minimum absolute atomic E-state index is 0.536. The van der Waals surface area contributed by atoms with Crippen molar-refractivity contribution in [2.45, 2.75) is 6.54 Å². The molecule has 0 bridgehead atoms. The minimum Gasteiger partial charge on any atom is -0.386 e. The molecule has 0 fully saturated rings. The van der Waals surface area contributed by atoms with Gasteiger partial charge in [-0.1, -0.05) is 30.3 Å². The molecule has 0 aliphatic heterocycles. The predicted molar refractivity (Wildman–Crippen MR) is 61.8 cm³/mol. The van der Waals surface area contributed by atoms with Gasteiger partial charge < -0.3 is 5.32 Å². The third kappa shape index (κ3) is 4.22. The Balaban J connectivity index is 2.47. The third-order valence-corrected chi connectivity index (χ3v) is 1.83. The van der Waals surface area contributed by atoms with E-state index in [2.05, 4.69) is 10.3 Å². The quantitative estimate of drug-likeness (QED) is 0.447. The van der Waals surface area contributed by atoms with Gasteiger partial charge in [-0.05, 0) is 5.56 Å². The molecule has 0 aliphatic rings. The van der Waals surface area contributed by atoms with Crippen molar-refractivity contribution >= 4 is 12.5 Å². The number of benzene rings is 1. The molecule has 1 N–H and O–H groups in total. The molecular formula is C12H14N2O. The van der Waals surface area contributed by atoms with E-state index in [1.54, 1.807) is 13.2 Å². The second-order valence-corrected chi connectivity index (χ2v) is 3.02. The van der Waals surface area contributed by atoms with E-state index in [0.29, 0.717) is 12.1 Å². The SMILES string of the molecule is CN=C/C(C=O)=C\NCc1ccccc1. The van der Waals surface area contributed by atoms with Crippen LogP contribution in [0.5, 0.6) is 0 Å². The van der Waals surface area contributed by atoms with Gasteiger partial charge in [-0.25, -0.2) is 0 Å². The lowest BCUT2D eigenvalue weighted by atomic mass is 10.2. The van der Waals surface area contributed by atoms with Crippen LogP contribution in [0.1, 0.15) is 5.56 Å². The van der Waals surface area contributed by atoms with Gasteiger partial charge in [-0.2, -0.15) is 0 Å². The first-order chi connectivity index (χ1) is 7.36. The van der Waals surface area contributed by atoms with Crippen molar-refractivity contribution in [1.29, 1.82) is 0 Å². The fraction of sp³-hybridized carbons (Fsp3) is 0.167. The summed E-state index contributed by atoms with van der Waals surface area (Å²) in [6, 6.07) is 9.98. The number of hydrogen-bond acceptors (Lipinski definition) is 3. The maximum absolute atomic E-state index is 10.5. The Labute approximate surface area is 89.5 Å². The molecule has 1 rings (SSSR count). The summed E-state index contributed by atoms with van der Waals surface area (Å²) >= 11 is 0. The molecular weight excluding hydrogens is 188 g/mol. The maximum Gasteiger partial charge on any atom is 0.153 e. The van der Waals surface area contributed by atoms with Crippen LogP contribution in [0.3, 0.4) is 0 Å². The molecule has 0 radical (unpaired) electrons. The second kappa shape index (κ2) is 6.54. The van der Waals surface area contributed by atoms with E-state index in [4.69, 9.17) is 0 Å². The molecule has 3 nitrogen and oxygen atoms in total. The summed E-state index contributed by atoms with van der Waals surface area (Å²) in [6.07, 6.45) is 3.95. The summed E-state index contributed by atoms with van der Waals surface area (Å²) in [6.45, 7) is 0.704. The second-order valence-electron chi connectivity index (χ2n) is 3.02. The Morgan fingerprint density at radius 1 is 1.40 bits per heavy atom. The molecule has 0 atom stereocenters. The van der Waals surface area contributed by atoms with Crippen LogP contribution in [-0.2, 0) is 11.3 Å². The summed E-state index contributed by atoms with van der Waals surface area (Å²) in [5.74, 6) is 0. The molecule has 0 amide bonds. The molecule has 1 aromatic carbocycles. The molecule has 0 heterocycles. The third-order valence-electron chi connectivity index (χ3n) is 1.83. The standard InChI is InChI=1S/C12H14N2O/c1-13-7-12(10-15)9-14-8-11-5-3-2-4-6-11/h2-7,9-10,14H,8H2,1H3/b12-9+,13-7?. The lowest BCUT2D eigenvalue weighted by molar-refractivity contribution is -0.104. The van der Waals surface area contributed by atoms with Gasteiger partial charge in [-0.15, -0.1) is 0 Å². The number of aldehydes is 1. The van der Waals surface area contributed by atoms with Crippen molar-refractivity contribution in [2.24, 2.45) is 4.99 Å². The number of nitrogens with zero attached hydrogens (tertiary/aromatic N) is 1. The molecule has 1 aromatic rings. The Bertz CT molecular complexity index is 355. The average molecular weight is 202 g/mol. The largest absolute Gasteiger partial charge is 0.386 e. The molecule has 0 saturated heterocycles. The van der Waals surface area contributed by atoms with Crippen LogP contribution >= 0.6 is 0 Å². The van der Waals surface area contributed by atoms with Crippen molar-refractivity contribution in [3.63, 3.8) is 0 Å². The Kier molecular flexibility index (Phi) is 4.87. The lowest BCUT2D eigenvalue weighted by Gasteiger charge is -2.00. The van der Waals surface area contributed by atoms with Crippen molar-refractivity contribution < 1.29 is 4.79 Å². The van der Waals surface area contributed by atoms with Crippen molar-refractivity contribution in [1.82, 2.24) is 5.32 Å². The van der Waals surface area contributed by atoms with Crippen molar-refractivity contribution in [3.05, 3.63) is 47.7 Å². The van der Waals surface area contributed by atoms with Crippen LogP contribution in [-0.4, -0.2) is 19.5 Å². The van der Waals surface area contributed by atoms with Crippen LogP contribution < -0.4 is 5.32 Å². The zero-order chi connectivity index (χ0) is 10.9. The minimum atomic E-state index is 0.536. The zero-order valence-electron chi connectivity index (χ0n) is 8.68. The number of carbonyl (C=O) groups is 1. The lowest BCUT2D eigenvalue weighted by Crippen LogP contribution is -2.06. The fourth-order valence-electron chi connectivity index (χ4n) is 1.13. The first-order valence-corrected chi connectivity index (χ1v) is 4.71. The average Bonchev–Trinajstić information content (AvgIpc) is 2.29. The summed E-state index contributed by atoms with van der Waals surface area (Å²) < 4.78 is 0. The van der Waals surface area contributed by atoms with E-state index in [1.807, 2.05) is 30.3 Å². The monoisotopic (exact) mass is 202 g/mol. The van der Waals surface area contributed by atoms with E-state index < -0.39 is 0 Å². The number of hydrogen-bond donors (Lipinski definition) is 1. The van der Waals surface area contributed by atoms with Gasteiger partial charge in [0.05, 0.1) is 0 Å². The normalized spacial score (nSPS) is 11.7. The van der Waals surface area contributed by atoms with Crippen LogP contribution in [0, 0.1) is 0 Å². The van der Waals surface area contributed by atoms with Crippen LogP contribution in [0.25, 0.3) is 0 Å². The van der Waals surface area contributed by atoms with Gasteiger partial charge in [0.1, 0.15) is 0 Å². The number of nitrogens with one attached hydrogen (secondary N) is 1. The van der Waals surface area contributed by atoms with Crippen molar-refractivity contribution in [2.75, 3.05) is 7.05 Å². The van der Waals surface area contributed by atoms with E-state index in [-0.39, 0.29) is 0 Å². The number of aliphatic imine (C=N–C) groups is 1. The van der Waals surface area contributed by atoms with E-state index in [1.165, 1.54) is 11.8 Å². The Morgan fingerprint density at radius 2 is 2.13 bits per heavy atom. The molecule has 0 unspecified atom stereocenters. The molecule has 0 aliphatic carbocycles. The van der Waals surface area contributed by atoms with E-state index in [9.17, 15) is 4.79 Å². The number of carbonyl (C=O) groups excluding carboxylic acids is 1. The summed E-state index contributed by atoms with van der Waals surface area (Å²) in [7, 11) is 1.63. The summed E-state index contributed by atoms with van der Waals surface area (Å²) in [5.41, 5.74) is 1.71. The molecule has 0 spiro atoms. The fourth-order valence-corrected chi connectivity index (χ4v) is 1.13. The van der Waals surface area contributed by atoms with Crippen LogP contribution in [0.15, 0.2) is 47.1 Å². The van der Waals surface area contributed by atoms with Crippen LogP contribution in [0.2, 0.25) is 0 Å². The topological polar surface area (TPSA) is 41.5 Å². The Hall–Kier alpha value is -1.90. The predicted octanol–water partition coefficient (Wildman–Crippen LogP) is 1.56. The number of allylic oxidation sites excluding steroid dienone is 1. The van der Waals surface area contributed by atoms with Gasteiger partial charge in [-0.3, -0.25) is 9.79 Å². The molecule has 78 valence electrons. The van der Waals surface area contributed by atoms with E-state index in [0.717, 1.165) is 6.29 Å². The van der Waals surface area contributed by atoms with Gasteiger partial charge in [0.2, 0.25) is 0 Å². The zero-order valence-corrected chi connectivity index (χ0v) is 8.68. The van der Waals surface area contributed by atoms with Crippen LogP contribution in [0.4, 0.5) is 0 Å². The van der Waals surface area contributed by atoms with Gasteiger partial charge in [0.15, 0.2) is 6.29 Å². The summed E-state index contributed by atoms with van der Waals surface area (Å²) in [4.78, 5) is 14.3. The first kappa shape index (κ1) is 11.2. The van der Waals surface area contributed by atoms with Crippen molar-refractivity contribution in [3.8, 4) is 0 Å². The molecule has 3 heteroatoms. The Morgan fingerprint density at radius 3 is 2.73 bits per heavy atom. The summed E-state index contributed by atoms with van der Waals surface area (Å²) in [5, 5.41) is 3.05. The highest BCUT2D eigenvalue weighted by atomic mass is 16.1. The van der Waals surface area contributed by atoms with Gasteiger partial charge in [0.25, 0.3) is 0 Å². The first-order valence-electron chi connectivity index (χ1n) is 4.71. The smallest absolute Gasteiger partial charge is 0.153 e. The molecule has 15 heavy (non-hydrogen) atoms. The van der Waals surface area contributed by atoms with Gasteiger partial charge >= 0.3 is 0 Å². The molecule has 0 saturated carbocycles. The maximum atomic E-state index is 10.5. The highest BCUT2D eigenvalue weighted by Gasteiger charge is 1.90. The highest BCUT2D eigenvalue weighted by molar-refractivity contribution is 6.01. The van der Waals surface area contributed by atoms with E-state index >= 15 is 0 Å². The highest BCUT2D eigenvalue weighted by Crippen LogP contribution is 1.97. The van der Waals surface area contributed by atoms with Gasteiger partial charge in [0, 0.05) is 31.6 Å².